The van der Waals surface area contributed by atoms with Crippen molar-refractivity contribution in [2.75, 3.05) is 43.0 Å². The van der Waals surface area contributed by atoms with Crippen LogP contribution in [0.15, 0.2) is 24.3 Å². The molecule has 1 aromatic carbocycles. The Hall–Kier alpha value is -1.75. The molecule has 2 aliphatic heterocycles. The number of hydrogen-bond acceptors (Lipinski definition) is 4. The largest absolute Gasteiger partial charge is 0.376 e. The van der Waals surface area contributed by atoms with Gasteiger partial charge in [0.1, 0.15) is 0 Å². The van der Waals surface area contributed by atoms with Gasteiger partial charge in [0, 0.05) is 37.6 Å². The van der Waals surface area contributed by atoms with Gasteiger partial charge in [-0.05, 0) is 49.9 Å². The van der Waals surface area contributed by atoms with E-state index >= 15 is 0 Å². The second-order valence-electron chi connectivity index (χ2n) is 6.03. The van der Waals surface area contributed by atoms with Crippen molar-refractivity contribution >= 4 is 17.3 Å². The maximum atomic E-state index is 11.8. The number of carbonyl (C=O) groups excluding carboxylic acids is 1. The second kappa shape index (κ2) is 7.49. The average Bonchev–Trinajstić information content (AvgIpc) is 3.24. The quantitative estimate of drug-likeness (QED) is 0.844. The summed E-state index contributed by atoms with van der Waals surface area (Å²) in [6.45, 7) is 4.04. The molecule has 22 heavy (non-hydrogen) atoms. The Morgan fingerprint density at radius 2 is 1.95 bits per heavy atom. The normalized spacial score (nSPS) is 21.1. The van der Waals surface area contributed by atoms with E-state index in [0.717, 1.165) is 38.2 Å². The molecule has 2 fully saturated rings. The summed E-state index contributed by atoms with van der Waals surface area (Å²) >= 11 is 0. The fourth-order valence-electron chi connectivity index (χ4n) is 3.04. The Morgan fingerprint density at radius 1 is 1.18 bits per heavy atom. The van der Waals surface area contributed by atoms with Crippen molar-refractivity contribution in [3.05, 3.63) is 24.3 Å². The number of anilines is 2. The first kappa shape index (κ1) is 15.2. The van der Waals surface area contributed by atoms with Crippen molar-refractivity contribution in [1.29, 1.82) is 0 Å². The standard InChI is InChI=1S/C17H25N3O2/c21-17(19-12-16-4-3-11-22-16)13-18-14-5-7-15(8-6-14)20-9-1-2-10-20/h5-8,16,18H,1-4,9-13H2,(H,19,21). The number of benzene rings is 1. The topological polar surface area (TPSA) is 53.6 Å². The lowest BCUT2D eigenvalue weighted by molar-refractivity contribution is -0.119. The molecule has 2 heterocycles. The minimum Gasteiger partial charge on any atom is -0.376 e. The molecule has 2 aliphatic rings. The van der Waals surface area contributed by atoms with E-state index < -0.39 is 0 Å². The lowest BCUT2D eigenvalue weighted by Crippen LogP contribution is -2.35. The van der Waals surface area contributed by atoms with Gasteiger partial charge in [-0.2, -0.15) is 0 Å². The fourth-order valence-corrected chi connectivity index (χ4v) is 3.04. The first-order chi connectivity index (χ1) is 10.8. The van der Waals surface area contributed by atoms with Crippen molar-refractivity contribution in [2.24, 2.45) is 0 Å². The minimum atomic E-state index is 0.0131. The first-order valence-corrected chi connectivity index (χ1v) is 8.28. The Bertz CT molecular complexity index is 477. The number of rotatable bonds is 6. The van der Waals surface area contributed by atoms with Crippen molar-refractivity contribution in [3.63, 3.8) is 0 Å². The van der Waals surface area contributed by atoms with Crippen LogP contribution in [0, 0.1) is 0 Å². The third-order valence-corrected chi connectivity index (χ3v) is 4.34. The molecule has 0 bridgehead atoms. The van der Waals surface area contributed by atoms with Gasteiger partial charge >= 0.3 is 0 Å². The van der Waals surface area contributed by atoms with Crippen molar-refractivity contribution < 1.29 is 9.53 Å². The highest BCUT2D eigenvalue weighted by molar-refractivity contribution is 5.80. The van der Waals surface area contributed by atoms with E-state index in [4.69, 9.17) is 4.74 Å². The van der Waals surface area contributed by atoms with E-state index in [1.165, 1.54) is 18.5 Å². The van der Waals surface area contributed by atoms with Crippen LogP contribution in [0.2, 0.25) is 0 Å². The lowest BCUT2D eigenvalue weighted by Gasteiger charge is -2.18. The molecule has 0 radical (unpaired) electrons. The van der Waals surface area contributed by atoms with E-state index in [1.807, 2.05) is 12.1 Å². The predicted molar refractivity (Wildman–Crippen MR) is 88.4 cm³/mol. The molecule has 2 saturated heterocycles. The molecule has 1 unspecified atom stereocenters. The lowest BCUT2D eigenvalue weighted by atomic mass is 10.2. The zero-order valence-corrected chi connectivity index (χ0v) is 13.0. The third kappa shape index (κ3) is 4.13. The molecule has 5 heteroatoms. The molecular weight excluding hydrogens is 278 g/mol. The Balaban J connectivity index is 1.39. The molecule has 1 amide bonds. The van der Waals surface area contributed by atoms with Gasteiger partial charge < -0.3 is 20.3 Å². The summed E-state index contributed by atoms with van der Waals surface area (Å²) in [5.41, 5.74) is 2.25. The summed E-state index contributed by atoms with van der Waals surface area (Å²) in [4.78, 5) is 14.2. The van der Waals surface area contributed by atoms with Crippen LogP contribution in [0.4, 0.5) is 11.4 Å². The number of amides is 1. The van der Waals surface area contributed by atoms with Crippen LogP contribution in [0.3, 0.4) is 0 Å². The van der Waals surface area contributed by atoms with E-state index in [0.29, 0.717) is 13.1 Å². The van der Waals surface area contributed by atoms with Gasteiger partial charge in [-0.15, -0.1) is 0 Å². The number of nitrogens with zero attached hydrogens (tertiary/aromatic N) is 1. The van der Waals surface area contributed by atoms with Crippen molar-refractivity contribution in [3.8, 4) is 0 Å². The fraction of sp³-hybridized carbons (Fsp3) is 0.588. The number of hydrogen-bond donors (Lipinski definition) is 2. The van der Waals surface area contributed by atoms with Crippen LogP contribution in [0.25, 0.3) is 0 Å². The summed E-state index contributed by atoms with van der Waals surface area (Å²) in [5, 5.41) is 6.08. The van der Waals surface area contributed by atoms with E-state index in [1.54, 1.807) is 0 Å². The van der Waals surface area contributed by atoms with Gasteiger partial charge in [-0.1, -0.05) is 0 Å². The average molecular weight is 303 g/mol. The molecule has 1 aromatic rings. The summed E-state index contributed by atoms with van der Waals surface area (Å²) in [6, 6.07) is 8.33. The third-order valence-electron chi connectivity index (χ3n) is 4.34. The van der Waals surface area contributed by atoms with Gasteiger partial charge in [0.25, 0.3) is 0 Å². The summed E-state index contributed by atoms with van der Waals surface area (Å²) in [6.07, 6.45) is 4.91. The van der Waals surface area contributed by atoms with Crippen molar-refractivity contribution in [1.82, 2.24) is 5.32 Å². The van der Waals surface area contributed by atoms with E-state index in [9.17, 15) is 4.79 Å². The Kier molecular flexibility index (Phi) is 5.16. The molecule has 0 spiro atoms. The van der Waals surface area contributed by atoms with Crippen molar-refractivity contribution in [2.45, 2.75) is 31.8 Å². The molecule has 120 valence electrons. The molecule has 3 rings (SSSR count). The SMILES string of the molecule is O=C(CNc1ccc(N2CCCC2)cc1)NCC1CCCO1. The first-order valence-electron chi connectivity index (χ1n) is 8.28. The molecule has 5 nitrogen and oxygen atoms in total. The summed E-state index contributed by atoms with van der Waals surface area (Å²) in [7, 11) is 0. The van der Waals surface area contributed by atoms with Gasteiger partial charge in [-0.3, -0.25) is 4.79 Å². The van der Waals surface area contributed by atoms with Crippen LogP contribution in [0.5, 0.6) is 0 Å². The number of carbonyl (C=O) groups is 1. The minimum absolute atomic E-state index is 0.0131. The predicted octanol–water partition coefficient (Wildman–Crippen LogP) is 1.99. The smallest absolute Gasteiger partial charge is 0.239 e. The van der Waals surface area contributed by atoms with Gasteiger partial charge in [-0.25, -0.2) is 0 Å². The van der Waals surface area contributed by atoms with E-state index in [2.05, 4.69) is 27.7 Å². The molecule has 0 saturated carbocycles. The highest BCUT2D eigenvalue weighted by Gasteiger charge is 2.16. The van der Waals surface area contributed by atoms with Crippen LogP contribution in [0.1, 0.15) is 25.7 Å². The summed E-state index contributed by atoms with van der Waals surface area (Å²) < 4.78 is 5.49. The van der Waals surface area contributed by atoms with E-state index in [-0.39, 0.29) is 12.0 Å². The number of nitrogens with one attached hydrogen (secondary N) is 2. The maximum Gasteiger partial charge on any atom is 0.239 e. The zero-order valence-electron chi connectivity index (χ0n) is 13.0. The summed E-state index contributed by atoms with van der Waals surface area (Å²) in [5.74, 6) is 0.0131. The highest BCUT2D eigenvalue weighted by atomic mass is 16.5. The maximum absolute atomic E-state index is 11.8. The van der Waals surface area contributed by atoms with Crippen LogP contribution in [-0.4, -0.2) is 44.8 Å². The number of ether oxygens (including phenoxy) is 1. The molecule has 1 atom stereocenters. The van der Waals surface area contributed by atoms with Crippen LogP contribution in [-0.2, 0) is 9.53 Å². The Labute approximate surface area is 132 Å². The monoisotopic (exact) mass is 303 g/mol. The van der Waals surface area contributed by atoms with Gasteiger partial charge in [0.15, 0.2) is 0 Å². The zero-order chi connectivity index (χ0) is 15.2. The van der Waals surface area contributed by atoms with Gasteiger partial charge in [0.05, 0.1) is 12.6 Å². The Morgan fingerprint density at radius 3 is 2.64 bits per heavy atom. The van der Waals surface area contributed by atoms with Gasteiger partial charge in [0.2, 0.25) is 5.91 Å². The van der Waals surface area contributed by atoms with Crippen LogP contribution >= 0.6 is 0 Å². The van der Waals surface area contributed by atoms with Crippen LogP contribution < -0.4 is 15.5 Å². The molecule has 2 N–H and O–H groups in total. The second-order valence-corrected chi connectivity index (χ2v) is 6.03. The molecule has 0 aromatic heterocycles. The highest BCUT2D eigenvalue weighted by Crippen LogP contribution is 2.21. The molecular formula is C17H25N3O2. The molecule has 0 aliphatic carbocycles.